The highest BCUT2D eigenvalue weighted by Crippen LogP contribution is 2.23. The number of carbonyl (C=O) groups excluding carboxylic acids is 1. The summed E-state index contributed by atoms with van der Waals surface area (Å²) in [5.41, 5.74) is 0. The normalized spacial score (nSPS) is 16.7. The molecule has 1 aliphatic heterocycles. The van der Waals surface area contributed by atoms with Crippen LogP contribution in [0.3, 0.4) is 0 Å². The van der Waals surface area contributed by atoms with E-state index in [0.29, 0.717) is 38.1 Å². The predicted molar refractivity (Wildman–Crippen MR) is 110 cm³/mol. The molecule has 1 aromatic heterocycles. The molecule has 1 saturated heterocycles. The van der Waals surface area contributed by atoms with Gasteiger partial charge in [0.1, 0.15) is 6.54 Å². The summed E-state index contributed by atoms with van der Waals surface area (Å²) in [7, 11) is 3.38. The fourth-order valence-corrected chi connectivity index (χ4v) is 3.77. The number of halogens is 3. The van der Waals surface area contributed by atoms with Crippen LogP contribution in [0.5, 0.6) is 0 Å². The molecule has 1 amide bonds. The molecule has 0 spiro atoms. The smallest absolute Gasteiger partial charge is 0.356 e. The van der Waals surface area contributed by atoms with Gasteiger partial charge in [0.25, 0.3) is 0 Å². The van der Waals surface area contributed by atoms with Crippen LogP contribution >= 0.6 is 11.3 Å². The number of hydrogen-bond donors (Lipinski definition) is 2. The van der Waals surface area contributed by atoms with Crippen LogP contribution in [0.4, 0.5) is 13.2 Å². The van der Waals surface area contributed by atoms with Crippen molar-refractivity contribution in [3.63, 3.8) is 0 Å². The molecule has 0 atom stereocenters. The summed E-state index contributed by atoms with van der Waals surface area (Å²) in [5, 5.41) is 8.49. The lowest BCUT2D eigenvalue weighted by molar-refractivity contribution is -0.148. The molecule has 2 N–H and O–H groups in total. The van der Waals surface area contributed by atoms with Gasteiger partial charge < -0.3 is 15.5 Å². The van der Waals surface area contributed by atoms with Gasteiger partial charge in [0, 0.05) is 25.5 Å². The van der Waals surface area contributed by atoms with E-state index in [9.17, 15) is 18.0 Å². The molecular weight excluding hydrogens is 403 g/mol. The lowest BCUT2D eigenvalue weighted by Gasteiger charge is -2.32. The maximum atomic E-state index is 12.5. The van der Waals surface area contributed by atoms with E-state index in [1.54, 1.807) is 25.4 Å². The SMILES string of the molecule is CN(C)C(=O)CN=C(NCCC1CCN(CC(F)(F)F)CC1)NCc1cccs1. The topological polar surface area (TPSA) is 60.0 Å². The van der Waals surface area contributed by atoms with E-state index in [1.165, 1.54) is 9.80 Å². The molecule has 0 aromatic carbocycles. The van der Waals surface area contributed by atoms with Crippen molar-refractivity contribution in [1.29, 1.82) is 0 Å². The highest BCUT2D eigenvalue weighted by Gasteiger charge is 2.32. The highest BCUT2D eigenvalue weighted by molar-refractivity contribution is 7.09. The molecule has 0 aliphatic carbocycles. The second kappa shape index (κ2) is 11.4. The lowest BCUT2D eigenvalue weighted by atomic mass is 9.93. The molecule has 1 aliphatic rings. The summed E-state index contributed by atoms with van der Waals surface area (Å²) in [6.45, 7) is 1.49. The average Bonchev–Trinajstić information content (AvgIpc) is 3.16. The Hall–Kier alpha value is -1.81. The Kier molecular flexibility index (Phi) is 9.22. The number of alkyl halides is 3. The summed E-state index contributed by atoms with van der Waals surface area (Å²) in [5.74, 6) is 0.885. The van der Waals surface area contributed by atoms with Crippen molar-refractivity contribution in [2.45, 2.75) is 32.0 Å². The van der Waals surface area contributed by atoms with Crippen LogP contribution in [0.1, 0.15) is 24.1 Å². The van der Waals surface area contributed by atoms with Gasteiger partial charge in [-0.05, 0) is 49.7 Å². The molecule has 2 heterocycles. The van der Waals surface area contributed by atoms with Crippen LogP contribution in [-0.2, 0) is 11.3 Å². The number of likely N-dealkylation sites (tertiary alicyclic amines) is 1. The maximum absolute atomic E-state index is 12.5. The van der Waals surface area contributed by atoms with Crippen molar-refractivity contribution < 1.29 is 18.0 Å². The Labute approximate surface area is 174 Å². The zero-order valence-corrected chi connectivity index (χ0v) is 17.8. The van der Waals surface area contributed by atoms with E-state index >= 15 is 0 Å². The molecular formula is C19H30F3N5OS. The first-order valence-electron chi connectivity index (χ1n) is 9.77. The number of likely N-dealkylation sites (N-methyl/N-ethyl adjacent to an activating group) is 1. The fraction of sp³-hybridized carbons (Fsp3) is 0.684. The highest BCUT2D eigenvalue weighted by atomic mass is 32.1. The van der Waals surface area contributed by atoms with Crippen LogP contribution in [0.25, 0.3) is 0 Å². The number of hydrogen-bond acceptors (Lipinski definition) is 4. The Morgan fingerprint density at radius 1 is 1.31 bits per heavy atom. The number of nitrogens with zero attached hydrogens (tertiary/aromatic N) is 3. The molecule has 1 aromatic rings. The van der Waals surface area contributed by atoms with Crippen molar-refractivity contribution in [1.82, 2.24) is 20.4 Å². The van der Waals surface area contributed by atoms with Crippen molar-refractivity contribution >= 4 is 23.2 Å². The first-order valence-corrected chi connectivity index (χ1v) is 10.6. The average molecular weight is 434 g/mol. The third-order valence-corrected chi connectivity index (χ3v) is 5.71. The molecule has 2 rings (SSSR count). The Balaban J connectivity index is 1.76. The van der Waals surface area contributed by atoms with Gasteiger partial charge in [-0.3, -0.25) is 9.69 Å². The van der Waals surface area contributed by atoms with E-state index in [1.807, 2.05) is 17.5 Å². The van der Waals surface area contributed by atoms with Gasteiger partial charge >= 0.3 is 6.18 Å². The fourth-order valence-electron chi connectivity index (χ4n) is 3.13. The van der Waals surface area contributed by atoms with Gasteiger partial charge in [-0.2, -0.15) is 13.2 Å². The first kappa shape index (κ1) is 23.5. The Morgan fingerprint density at radius 2 is 2.03 bits per heavy atom. The van der Waals surface area contributed by atoms with Gasteiger partial charge in [-0.25, -0.2) is 4.99 Å². The second-order valence-electron chi connectivity index (χ2n) is 7.44. The summed E-state index contributed by atoms with van der Waals surface area (Å²) in [6.07, 6.45) is -1.73. The minimum atomic E-state index is -4.13. The second-order valence-corrected chi connectivity index (χ2v) is 8.47. The minimum Gasteiger partial charge on any atom is -0.356 e. The van der Waals surface area contributed by atoms with Crippen molar-refractivity contribution in [3.05, 3.63) is 22.4 Å². The van der Waals surface area contributed by atoms with Crippen molar-refractivity contribution in [2.75, 3.05) is 46.8 Å². The number of rotatable bonds is 8. The van der Waals surface area contributed by atoms with Crippen LogP contribution in [0.2, 0.25) is 0 Å². The Morgan fingerprint density at radius 3 is 2.62 bits per heavy atom. The first-order chi connectivity index (χ1) is 13.7. The Bertz CT molecular complexity index is 641. The number of aliphatic imine (C=N–C) groups is 1. The molecule has 164 valence electrons. The monoisotopic (exact) mass is 433 g/mol. The predicted octanol–water partition coefficient (Wildman–Crippen LogP) is 2.54. The molecule has 0 unspecified atom stereocenters. The van der Waals surface area contributed by atoms with Crippen LogP contribution in [-0.4, -0.2) is 74.7 Å². The minimum absolute atomic E-state index is 0.0581. The van der Waals surface area contributed by atoms with E-state index in [2.05, 4.69) is 15.6 Å². The van der Waals surface area contributed by atoms with Crippen molar-refractivity contribution in [2.24, 2.45) is 10.9 Å². The molecule has 0 radical (unpaired) electrons. The molecule has 6 nitrogen and oxygen atoms in total. The number of carbonyl (C=O) groups is 1. The molecule has 1 fully saturated rings. The quantitative estimate of drug-likeness (QED) is 0.489. The lowest BCUT2D eigenvalue weighted by Crippen LogP contribution is -2.41. The third-order valence-electron chi connectivity index (χ3n) is 4.84. The van der Waals surface area contributed by atoms with Gasteiger partial charge in [-0.1, -0.05) is 6.07 Å². The molecule has 0 bridgehead atoms. The van der Waals surface area contributed by atoms with E-state index in [-0.39, 0.29) is 12.5 Å². The summed E-state index contributed by atoms with van der Waals surface area (Å²) in [6, 6.07) is 4.00. The van der Waals surface area contributed by atoms with E-state index in [4.69, 9.17) is 0 Å². The number of thiophene rings is 1. The largest absolute Gasteiger partial charge is 0.401 e. The number of piperidine rings is 1. The zero-order chi connectivity index (χ0) is 21.3. The summed E-state index contributed by atoms with van der Waals surface area (Å²) >= 11 is 1.64. The molecule has 29 heavy (non-hydrogen) atoms. The van der Waals surface area contributed by atoms with Crippen molar-refractivity contribution in [3.8, 4) is 0 Å². The van der Waals surface area contributed by atoms with Gasteiger partial charge in [0.2, 0.25) is 5.91 Å². The van der Waals surface area contributed by atoms with Gasteiger partial charge in [0.15, 0.2) is 5.96 Å². The number of guanidine groups is 1. The van der Waals surface area contributed by atoms with E-state index < -0.39 is 12.7 Å². The molecule has 10 heteroatoms. The molecule has 0 saturated carbocycles. The van der Waals surface area contributed by atoms with E-state index in [0.717, 1.165) is 24.1 Å². The van der Waals surface area contributed by atoms with Gasteiger partial charge in [-0.15, -0.1) is 11.3 Å². The maximum Gasteiger partial charge on any atom is 0.401 e. The van der Waals surface area contributed by atoms with Crippen LogP contribution in [0.15, 0.2) is 22.5 Å². The standard InChI is InChI=1S/C19H30F3N5OS/c1-26(2)17(28)13-25-18(24-12-16-4-3-11-29-16)23-8-5-15-6-9-27(10-7-15)14-19(20,21)22/h3-4,11,15H,5-10,12-14H2,1-2H3,(H2,23,24,25). The van der Waals surface area contributed by atoms with Gasteiger partial charge in [0.05, 0.1) is 13.1 Å². The van der Waals surface area contributed by atoms with Crippen LogP contribution in [0, 0.1) is 5.92 Å². The zero-order valence-electron chi connectivity index (χ0n) is 17.0. The van der Waals surface area contributed by atoms with Crippen LogP contribution < -0.4 is 10.6 Å². The summed E-state index contributed by atoms with van der Waals surface area (Å²) in [4.78, 5) is 20.3. The number of nitrogens with one attached hydrogen (secondary N) is 2. The number of amides is 1. The third kappa shape index (κ3) is 9.49. The summed E-state index contributed by atoms with van der Waals surface area (Å²) < 4.78 is 37.5.